The number of hydrogen-bond acceptors (Lipinski definition) is 2. The van der Waals surface area contributed by atoms with Gasteiger partial charge in [0.1, 0.15) is 5.82 Å². The fraction of sp³-hybridized carbons (Fsp3) is 0.588. The van der Waals surface area contributed by atoms with Crippen molar-refractivity contribution >= 4 is 11.0 Å². The van der Waals surface area contributed by atoms with Crippen molar-refractivity contribution in [1.29, 1.82) is 0 Å². The van der Waals surface area contributed by atoms with Gasteiger partial charge in [0.15, 0.2) is 0 Å². The SMILES string of the molecule is CC1CCC(N)(c2nc3ccccc3n2C2CC2)CC1. The Labute approximate surface area is 120 Å². The molecule has 3 nitrogen and oxygen atoms in total. The van der Waals surface area contributed by atoms with E-state index in [0.717, 1.165) is 30.1 Å². The van der Waals surface area contributed by atoms with Crippen molar-refractivity contribution in [3.05, 3.63) is 30.1 Å². The Bertz CT molecular complexity index is 631. The molecule has 2 saturated carbocycles. The molecule has 1 aromatic carbocycles. The third-order valence-corrected chi connectivity index (χ3v) is 5.12. The first kappa shape index (κ1) is 12.4. The number of imidazole rings is 1. The molecule has 0 amide bonds. The predicted octanol–water partition coefficient (Wildman–Crippen LogP) is 3.74. The van der Waals surface area contributed by atoms with E-state index >= 15 is 0 Å². The molecule has 2 fully saturated rings. The minimum atomic E-state index is -0.214. The molecular formula is C17H23N3. The Morgan fingerprint density at radius 2 is 1.85 bits per heavy atom. The maximum atomic E-state index is 6.79. The van der Waals surface area contributed by atoms with Crippen molar-refractivity contribution in [2.45, 2.75) is 57.0 Å². The van der Waals surface area contributed by atoms with Gasteiger partial charge < -0.3 is 10.3 Å². The van der Waals surface area contributed by atoms with E-state index in [0.29, 0.717) is 6.04 Å². The van der Waals surface area contributed by atoms with Crippen LogP contribution in [-0.4, -0.2) is 9.55 Å². The van der Waals surface area contributed by atoms with Crippen molar-refractivity contribution in [3.8, 4) is 0 Å². The van der Waals surface area contributed by atoms with Gasteiger partial charge in [0.2, 0.25) is 0 Å². The van der Waals surface area contributed by atoms with Crippen LogP contribution >= 0.6 is 0 Å². The van der Waals surface area contributed by atoms with Crippen LogP contribution in [0.25, 0.3) is 11.0 Å². The van der Waals surface area contributed by atoms with Crippen LogP contribution in [0.4, 0.5) is 0 Å². The molecule has 4 rings (SSSR count). The average Bonchev–Trinajstić information content (AvgIpc) is 3.22. The zero-order chi connectivity index (χ0) is 13.7. The first-order chi connectivity index (χ1) is 9.67. The van der Waals surface area contributed by atoms with Crippen LogP contribution < -0.4 is 5.73 Å². The Morgan fingerprint density at radius 1 is 1.15 bits per heavy atom. The topological polar surface area (TPSA) is 43.8 Å². The summed E-state index contributed by atoms with van der Waals surface area (Å²) in [5.74, 6) is 1.96. The smallest absolute Gasteiger partial charge is 0.130 e. The summed E-state index contributed by atoms with van der Waals surface area (Å²) in [4.78, 5) is 4.93. The summed E-state index contributed by atoms with van der Waals surface area (Å²) in [6.45, 7) is 2.34. The molecule has 1 aromatic heterocycles. The maximum absolute atomic E-state index is 6.79. The minimum absolute atomic E-state index is 0.214. The number of hydrogen-bond donors (Lipinski definition) is 1. The fourth-order valence-electron chi connectivity index (χ4n) is 3.60. The fourth-order valence-corrected chi connectivity index (χ4v) is 3.60. The molecule has 0 bridgehead atoms. The van der Waals surface area contributed by atoms with Gasteiger partial charge in [-0.3, -0.25) is 0 Å². The van der Waals surface area contributed by atoms with Gasteiger partial charge in [0.25, 0.3) is 0 Å². The molecule has 106 valence electrons. The molecule has 0 saturated heterocycles. The molecule has 0 unspecified atom stereocenters. The molecule has 2 aliphatic carbocycles. The number of nitrogens with zero attached hydrogens (tertiary/aromatic N) is 2. The zero-order valence-electron chi connectivity index (χ0n) is 12.2. The number of aromatic nitrogens is 2. The molecule has 0 spiro atoms. The summed E-state index contributed by atoms with van der Waals surface area (Å²) in [6, 6.07) is 9.13. The normalized spacial score (nSPS) is 30.8. The Balaban J connectivity index is 1.84. The monoisotopic (exact) mass is 269 g/mol. The van der Waals surface area contributed by atoms with Crippen molar-refractivity contribution in [3.63, 3.8) is 0 Å². The van der Waals surface area contributed by atoms with E-state index in [9.17, 15) is 0 Å². The summed E-state index contributed by atoms with van der Waals surface area (Å²) in [6.07, 6.45) is 7.16. The summed E-state index contributed by atoms with van der Waals surface area (Å²) in [5.41, 5.74) is 8.96. The third kappa shape index (κ3) is 1.87. The number of nitrogens with two attached hydrogens (primary N) is 1. The molecule has 2 N–H and O–H groups in total. The highest BCUT2D eigenvalue weighted by Gasteiger charge is 2.39. The lowest BCUT2D eigenvalue weighted by Crippen LogP contribution is -2.42. The summed E-state index contributed by atoms with van der Waals surface area (Å²) >= 11 is 0. The molecular weight excluding hydrogens is 246 g/mol. The molecule has 2 aliphatic rings. The van der Waals surface area contributed by atoms with Gasteiger partial charge in [-0.15, -0.1) is 0 Å². The second-order valence-electron chi connectivity index (χ2n) is 6.86. The van der Waals surface area contributed by atoms with E-state index in [1.54, 1.807) is 0 Å². The first-order valence-corrected chi connectivity index (χ1v) is 7.94. The molecule has 3 heteroatoms. The van der Waals surface area contributed by atoms with Crippen LogP contribution in [0, 0.1) is 5.92 Å². The van der Waals surface area contributed by atoms with E-state index in [4.69, 9.17) is 10.7 Å². The van der Waals surface area contributed by atoms with Gasteiger partial charge in [-0.05, 0) is 56.6 Å². The van der Waals surface area contributed by atoms with Crippen molar-refractivity contribution in [2.24, 2.45) is 11.7 Å². The maximum Gasteiger partial charge on any atom is 0.130 e. The van der Waals surface area contributed by atoms with Crippen LogP contribution in [-0.2, 0) is 5.54 Å². The number of fused-ring (bicyclic) bond motifs is 1. The molecule has 0 aliphatic heterocycles. The predicted molar refractivity (Wildman–Crippen MR) is 81.5 cm³/mol. The molecule has 1 heterocycles. The average molecular weight is 269 g/mol. The van der Waals surface area contributed by atoms with Crippen LogP contribution in [0.15, 0.2) is 24.3 Å². The van der Waals surface area contributed by atoms with E-state index in [1.807, 2.05) is 0 Å². The lowest BCUT2D eigenvalue weighted by atomic mass is 9.77. The Kier molecular flexibility index (Phi) is 2.68. The zero-order valence-corrected chi connectivity index (χ0v) is 12.2. The molecule has 0 radical (unpaired) electrons. The number of benzene rings is 1. The number of para-hydroxylation sites is 2. The second kappa shape index (κ2) is 4.32. The Hall–Kier alpha value is -1.35. The van der Waals surface area contributed by atoms with Gasteiger partial charge in [-0.2, -0.15) is 0 Å². The summed E-state index contributed by atoms with van der Waals surface area (Å²) in [5, 5.41) is 0. The largest absolute Gasteiger partial charge is 0.323 e. The highest BCUT2D eigenvalue weighted by Crippen LogP contribution is 2.44. The third-order valence-electron chi connectivity index (χ3n) is 5.12. The molecule has 0 atom stereocenters. The van der Waals surface area contributed by atoms with Crippen LogP contribution in [0.3, 0.4) is 0 Å². The highest BCUT2D eigenvalue weighted by atomic mass is 15.2. The minimum Gasteiger partial charge on any atom is -0.323 e. The highest BCUT2D eigenvalue weighted by molar-refractivity contribution is 5.76. The van der Waals surface area contributed by atoms with Crippen molar-refractivity contribution in [2.75, 3.05) is 0 Å². The van der Waals surface area contributed by atoms with Crippen LogP contribution in [0.1, 0.15) is 57.3 Å². The molecule has 2 aromatic rings. The first-order valence-electron chi connectivity index (χ1n) is 7.94. The van der Waals surface area contributed by atoms with Crippen molar-refractivity contribution in [1.82, 2.24) is 9.55 Å². The van der Waals surface area contributed by atoms with Gasteiger partial charge in [0, 0.05) is 6.04 Å². The van der Waals surface area contributed by atoms with Crippen molar-refractivity contribution < 1.29 is 0 Å². The standard InChI is InChI=1S/C17H23N3/c1-12-8-10-17(18,11-9-12)16-19-14-4-2-3-5-15(14)20(16)13-6-7-13/h2-5,12-13H,6-11,18H2,1H3. The van der Waals surface area contributed by atoms with E-state index in [1.165, 1.54) is 31.2 Å². The Morgan fingerprint density at radius 3 is 2.55 bits per heavy atom. The van der Waals surface area contributed by atoms with E-state index in [-0.39, 0.29) is 5.54 Å². The lowest BCUT2D eigenvalue weighted by Gasteiger charge is -2.36. The summed E-state index contributed by atoms with van der Waals surface area (Å²) < 4.78 is 2.45. The van der Waals surface area contributed by atoms with Crippen LogP contribution in [0.5, 0.6) is 0 Å². The van der Waals surface area contributed by atoms with E-state index < -0.39 is 0 Å². The molecule has 20 heavy (non-hydrogen) atoms. The summed E-state index contributed by atoms with van der Waals surface area (Å²) in [7, 11) is 0. The lowest BCUT2D eigenvalue weighted by molar-refractivity contribution is 0.231. The van der Waals surface area contributed by atoms with Gasteiger partial charge in [0.05, 0.1) is 16.6 Å². The number of rotatable bonds is 2. The van der Waals surface area contributed by atoms with Gasteiger partial charge in [-0.1, -0.05) is 19.1 Å². The van der Waals surface area contributed by atoms with Gasteiger partial charge >= 0.3 is 0 Å². The van der Waals surface area contributed by atoms with Crippen LogP contribution in [0.2, 0.25) is 0 Å². The van der Waals surface area contributed by atoms with Gasteiger partial charge in [-0.25, -0.2) is 4.98 Å². The second-order valence-corrected chi connectivity index (χ2v) is 6.86. The quantitative estimate of drug-likeness (QED) is 0.902. The van der Waals surface area contributed by atoms with E-state index in [2.05, 4.69) is 35.8 Å².